The molecule has 8 heteroatoms. The number of hydrazine groups is 1. The average molecular weight is 362 g/mol. The number of rotatable bonds is 7. The smallest absolute Gasteiger partial charge is 0.240 e. The highest BCUT2D eigenvalue weighted by Gasteiger charge is 2.47. The van der Waals surface area contributed by atoms with Crippen LogP contribution in [-0.4, -0.2) is 63.2 Å². The maximum Gasteiger partial charge on any atom is 0.240 e. The van der Waals surface area contributed by atoms with Crippen LogP contribution in [0.4, 0.5) is 0 Å². The Morgan fingerprint density at radius 1 is 1.31 bits per heavy atom. The molecule has 2 heterocycles. The van der Waals surface area contributed by atoms with Crippen molar-refractivity contribution < 1.29 is 19.1 Å². The lowest BCUT2D eigenvalue weighted by molar-refractivity contribution is -0.130. The molecule has 2 saturated heterocycles. The monoisotopic (exact) mass is 362 g/mol. The van der Waals surface area contributed by atoms with Crippen LogP contribution in [0.3, 0.4) is 0 Å². The van der Waals surface area contributed by atoms with Crippen LogP contribution in [0.2, 0.25) is 0 Å². The zero-order valence-corrected chi connectivity index (χ0v) is 15.2. The van der Waals surface area contributed by atoms with Crippen LogP contribution in [-0.2, 0) is 20.9 Å². The van der Waals surface area contributed by atoms with Crippen LogP contribution in [0.25, 0.3) is 0 Å². The second-order valence-corrected chi connectivity index (χ2v) is 6.65. The molecular formula is C18H26N4O4. The summed E-state index contributed by atoms with van der Waals surface area (Å²) in [5.74, 6) is 0.0606. The number of fused-ring (bicyclic) bond motifs is 1. The van der Waals surface area contributed by atoms with Gasteiger partial charge in [0.25, 0.3) is 0 Å². The summed E-state index contributed by atoms with van der Waals surface area (Å²) in [5.41, 5.74) is 6.58. The average Bonchev–Trinajstić information content (AvgIpc) is 3.05. The van der Waals surface area contributed by atoms with Crippen molar-refractivity contribution >= 4 is 11.8 Å². The van der Waals surface area contributed by atoms with Crippen molar-refractivity contribution in [3.8, 4) is 5.75 Å². The Kier molecular flexibility index (Phi) is 6.08. The molecule has 26 heavy (non-hydrogen) atoms. The summed E-state index contributed by atoms with van der Waals surface area (Å²) in [4.78, 5) is 27.0. The molecule has 0 bridgehead atoms. The van der Waals surface area contributed by atoms with Gasteiger partial charge in [-0.15, -0.1) is 0 Å². The van der Waals surface area contributed by atoms with E-state index in [2.05, 4.69) is 21.1 Å². The van der Waals surface area contributed by atoms with E-state index in [9.17, 15) is 9.59 Å². The van der Waals surface area contributed by atoms with Gasteiger partial charge in [0.05, 0.1) is 31.6 Å². The number of para-hydroxylation sites is 1. The van der Waals surface area contributed by atoms with Crippen molar-refractivity contribution in [1.82, 2.24) is 21.1 Å². The lowest BCUT2D eigenvalue weighted by Gasteiger charge is -2.38. The Labute approximate surface area is 153 Å². The van der Waals surface area contributed by atoms with Gasteiger partial charge in [-0.25, -0.2) is 5.43 Å². The van der Waals surface area contributed by atoms with Crippen LogP contribution in [0, 0.1) is 11.8 Å². The van der Waals surface area contributed by atoms with Gasteiger partial charge in [-0.1, -0.05) is 18.2 Å². The summed E-state index contributed by atoms with van der Waals surface area (Å²) in [7, 11) is 3.26. The minimum Gasteiger partial charge on any atom is -0.496 e. The molecule has 3 atom stereocenters. The van der Waals surface area contributed by atoms with Gasteiger partial charge >= 0.3 is 0 Å². The second-order valence-electron chi connectivity index (χ2n) is 6.65. The standard InChI is InChI=1S/C18H26N4O4/c1-25-8-7-22-10-13(16-14(11-22)18(24)21-20-16)17(23)19-9-12-5-3-4-6-15(12)26-2/h3-6,13-14,16,20H,7-11H2,1-2H3,(H,19,23)(H,21,24). The minimum absolute atomic E-state index is 0.0559. The SMILES string of the molecule is COCCN1CC(C(=O)NCc2ccccc2OC)C2NNC(=O)C2C1. The van der Waals surface area contributed by atoms with Crippen LogP contribution < -0.4 is 20.9 Å². The molecule has 0 spiro atoms. The van der Waals surface area contributed by atoms with Gasteiger partial charge in [-0.3, -0.25) is 19.9 Å². The zero-order valence-electron chi connectivity index (χ0n) is 15.2. The fraction of sp³-hybridized carbons (Fsp3) is 0.556. The van der Waals surface area contributed by atoms with E-state index in [-0.39, 0.29) is 29.7 Å². The summed E-state index contributed by atoms with van der Waals surface area (Å²) in [5, 5.41) is 2.99. The van der Waals surface area contributed by atoms with Crippen LogP contribution in [0.15, 0.2) is 24.3 Å². The van der Waals surface area contributed by atoms with E-state index in [4.69, 9.17) is 9.47 Å². The van der Waals surface area contributed by atoms with E-state index in [1.165, 1.54) is 0 Å². The quantitative estimate of drug-likeness (QED) is 0.606. The molecular weight excluding hydrogens is 336 g/mol. The van der Waals surface area contributed by atoms with E-state index in [0.717, 1.165) is 11.3 Å². The molecule has 2 aliphatic heterocycles. The third-order valence-electron chi connectivity index (χ3n) is 5.07. The molecule has 8 nitrogen and oxygen atoms in total. The Hall–Kier alpha value is -2.16. The van der Waals surface area contributed by atoms with E-state index >= 15 is 0 Å². The van der Waals surface area contributed by atoms with Gasteiger partial charge in [0.2, 0.25) is 11.8 Å². The first-order valence-electron chi connectivity index (χ1n) is 8.80. The molecule has 3 N–H and O–H groups in total. The maximum absolute atomic E-state index is 12.9. The van der Waals surface area contributed by atoms with E-state index in [0.29, 0.717) is 32.8 Å². The Balaban J connectivity index is 1.66. The predicted octanol–water partition coefficient (Wildman–Crippen LogP) is -0.491. The Morgan fingerprint density at radius 2 is 2.12 bits per heavy atom. The fourth-order valence-electron chi connectivity index (χ4n) is 3.64. The third-order valence-corrected chi connectivity index (χ3v) is 5.07. The number of hydrogen-bond donors (Lipinski definition) is 3. The highest BCUT2D eigenvalue weighted by molar-refractivity contribution is 5.86. The van der Waals surface area contributed by atoms with E-state index in [1.54, 1.807) is 14.2 Å². The second kappa shape index (κ2) is 8.48. The normalized spacial score (nSPS) is 25.5. The number of likely N-dealkylation sites (tertiary alicyclic amines) is 1. The van der Waals surface area contributed by atoms with Crippen molar-refractivity contribution in [2.75, 3.05) is 40.5 Å². The van der Waals surface area contributed by atoms with Crippen molar-refractivity contribution in [3.63, 3.8) is 0 Å². The molecule has 0 aromatic heterocycles. The summed E-state index contributed by atoms with van der Waals surface area (Å²) in [6.45, 7) is 2.87. The van der Waals surface area contributed by atoms with Crippen molar-refractivity contribution in [2.45, 2.75) is 12.6 Å². The number of carbonyl (C=O) groups excluding carboxylic acids is 2. The van der Waals surface area contributed by atoms with Crippen LogP contribution >= 0.6 is 0 Å². The first kappa shape index (κ1) is 18.6. The molecule has 1 aromatic rings. The number of hydrogen-bond acceptors (Lipinski definition) is 6. The molecule has 2 fully saturated rings. The van der Waals surface area contributed by atoms with Gasteiger partial charge in [-0.2, -0.15) is 0 Å². The molecule has 142 valence electrons. The van der Waals surface area contributed by atoms with Crippen molar-refractivity contribution in [1.29, 1.82) is 0 Å². The van der Waals surface area contributed by atoms with Crippen molar-refractivity contribution in [3.05, 3.63) is 29.8 Å². The van der Waals surface area contributed by atoms with Gasteiger partial charge in [0, 0.05) is 38.9 Å². The molecule has 0 aliphatic carbocycles. The zero-order chi connectivity index (χ0) is 18.5. The summed E-state index contributed by atoms with van der Waals surface area (Å²) >= 11 is 0. The lowest BCUT2D eigenvalue weighted by atomic mass is 9.84. The highest BCUT2D eigenvalue weighted by atomic mass is 16.5. The number of methoxy groups -OCH3 is 2. The number of nitrogens with zero attached hydrogens (tertiary/aromatic N) is 1. The van der Waals surface area contributed by atoms with E-state index < -0.39 is 0 Å². The summed E-state index contributed by atoms with van der Waals surface area (Å²) in [6, 6.07) is 7.40. The number of carbonyl (C=O) groups is 2. The molecule has 1 aromatic carbocycles. The topological polar surface area (TPSA) is 91.9 Å². The fourth-order valence-corrected chi connectivity index (χ4v) is 3.64. The van der Waals surface area contributed by atoms with Gasteiger partial charge in [0.15, 0.2) is 0 Å². The van der Waals surface area contributed by atoms with Crippen LogP contribution in [0.1, 0.15) is 5.56 Å². The van der Waals surface area contributed by atoms with E-state index in [1.807, 2.05) is 24.3 Å². The molecule has 3 unspecified atom stereocenters. The summed E-state index contributed by atoms with van der Waals surface area (Å²) in [6.07, 6.45) is 0. The molecule has 3 rings (SSSR count). The van der Waals surface area contributed by atoms with Crippen molar-refractivity contribution in [2.24, 2.45) is 11.8 Å². The van der Waals surface area contributed by atoms with Crippen LogP contribution in [0.5, 0.6) is 5.75 Å². The number of piperidine rings is 1. The first-order chi connectivity index (χ1) is 12.6. The first-order valence-corrected chi connectivity index (χ1v) is 8.80. The molecule has 2 amide bonds. The Bertz CT molecular complexity index is 654. The van der Waals surface area contributed by atoms with Gasteiger partial charge < -0.3 is 14.8 Å². The third kappa shape index (κ3) is 3.98. The maximum atomic E-state index is 12.9. The predicted molar refractivity (Wildman–Crippen MR) is 95.2 cm³/mol. The number of ether oxygens (including phenoxy) is 2. The minimum atomic E-state index is -0.320. The summed E-state index contributed by atoms with van der Waals surface area (Å²) < 4.78 is 10.5. The number of nitrogens with one attached hydrogen (secondary N) is 3. The lowest BCUT2D eigenvalue weighted by Crippen LogP contribution is -2.57. The number of benzene rings is 1. The molecule has 0 radical (unpaired) electrons. The highest BCUT2D eigenvalue weighted by Crippen LogP contribution is 2.26. The Morgan fingerprint density at radius 3 is 2.88 bits per heavy atom. The van der Waals surface area contributed by atoms with Gasteiger partial charge in [-0.05, 0) is 6.07 Å². The number of amides is 2. The van der Waals surface area contributed by atoms with Gasteiger partial charge in [0.1, 0.15) is 5.75 Å². The molecule has 2 aliphatic rings. The largest absolute Gasteiger partial charge is 0.496 e. The molecule has 0 saturated carbocycles.